The smallest absolute Gasteiger partial charge is 0.414 e. The highest BCUT2D eigenvalue weighted by Crippen LogP contribution is 2.44. The van der Waals surface area contributed by atoms with Crippen molar-refractivity contribution in [3.05, 3.63) is 65.5 Å². The standard InChI is InChI=1S/C25H25N5O5/c1-14-10-11-30(12-19(14)23(32)33)22(31)21-26-24(29-28-21)27-25(34)35-13-20-17-8-4-2-6-15(17)16-7-3-5-9-18(16)20/h2-9,14,19-20H,10-13H2,1H3,(H,32,33)(H2,26,27,28,29,34). The van der Waals surface area contributed by atoms with E-state index in [-0.39, 0.29) is 36.8 Å². The van der Waals surface area contributed by atoms with Gasteiger partial charge >= 0.3 is 12.1 Å². The van der Waals surface area contributed by atoms with Crippen LogP contribution in [0.4, 0.5) is 10.7 Å². The summed E-state index contributed by atoms with van der Waals surface area (Å²) in [6, 6.07) is 16.1. The number of nitrogens with zero attached hydrogens (tertiary/aromatic N) is 3. The van der Waals surface area contributed by atoms with Crippen LogP contribution in [0, 0.1) is 11.8 Å². The fraction of sp³-hybridized carbons (Fsp3) is 0.320. The summed E-state index contributed by atoms with van der Waals surface area (Å²) in [6.45, 7) is 2.54. The van der Waals surface area contributed by atoms with Gasteiger partial charge in [-0.2, -0.15) is 4.98 Å². The number of hydrogen-bond acceptors (Lipinski definition) is 6. The third-order valence-corrected chi connectivity index (χ3v) is 6.81. The summed E-state index contributed by atoms with van der Waals surface area (Å²) in [5, 5.41) is 18.2. The predicted octanol–water partition coefficient (Wildman–Crippen LogP) is 3.35. The van der Waals surface area contributed by atoms with Gasteiger partial charge in [-0.3, -0.25) is 20.0 Å². The number of aromatic nitrogens is 3. The van der Waals surface area contributed by atoms with Gasteiger partial charge in [0, 0.05) is 19.0 Å². The van der Waals surface area contributed by atoms with Crippen LogP contribution >= 0.6 is 0 Å². The lowest BCUT2D eigenvalue weighted by atomic mass is 9.87. The molecule has 2 aliphatic rings. The Labute approximate surface area is 201 Å². The van der Waals surface area contributed by atoms with E-state index in [1.165, 1.54) is 4.90 Å². The summed E-state index contributed by atoms with van der Waals surface area (Å²) in [7, 11) is 0. The average Bonchev–Trinajstić information content (AvgIpc) is 3.45. The molecule has 0 bridgehead atoms. The van der Waals surface area contributed by atoms with E-state index in [0.29, 0.717) is 13.0 Å². The van der Waals surface area contributed by atoms with E-state index in [4.69, 9.17) is 4.74 Å². The highest BCUT2D eigenvalue weighted by atomic mass is 16.5. The lowest BCUT2D eigenvalue weighted by molar-refractivity contribution is -0.145. The summed E-state index contributed by atoms with van der Waals surface area (Å²) in [5.74, 6) is -2.28. The summed E-state index contributed by atoms with van der Waals surface area (Å²) in [5.41, 5.74) is 4.46. The van der Waals surface area contributed by atoms with Crippen LogP contribution in [0.25, 0.3) is 11.1 Å². The van der Waals surface area contributed by atoms with Crippen molar-refractivity contribution in [1.82, 2.24) is 20.1 Å². The predicted molar refractivity (Wildman–Crippen MR) is 126 cm³/mol. The number of piperidine rings is 1. The molecule has 2 atom stereocenters. The Hall–Kier alpha value is -4.21. The third kappa shape index (κ3) is 4.34. The van der Waals surface area contributed by atoms with E-state index in [0.717, 1.165) is 22.3 Å². The zero-order valence-corrected chi connectivity index (χ0v) is 19.1. The first-order valence-corrected chi connectivity index (χ1v) is 11.5. The number of carboxylic acids is 1. The van der Waals surface area contributed by atoms with Crippen LogP contribution in [0.3, 0.4) is 0 Å². The molecule has 0 spiro atoms. The van der Waals surface area contributed by atoms with E-state index < -0.39 is 23.9 Å². The second-order valence-electron chi connectivity index (χ2n) is 8.92. The van der Waals surface area contributed by atoms with Crippen molar-refractivity contribution in [2.45, 2.75) is 19.3 Å². The van der Waals surface area contributed by atoms with Gasteiger partial charge in [-0.15, -0.1) is 5.10 Å². The van der Waals surface area contributed by atoms with E-state index in [1.54, 1.807) is 0 Å². The van der Waals surface area contributed by atoms with Crippen molar-refractivity contribution < 1.29 is 24.2 Å². The van der Waals surface area contributed by atoms with Crippen LogP contribution in [-0.2, 0) is 9.53 Å². The van der Waals surface area contributed by atoms with Crippen LogP contribution in [-0.4, -0.2) is 62.9 Å². The molecule has 35 heavy (non-hydrogen) atoms. The van der Waals surface area contributed by atoms with E-state index in [2.05, 4.69) is 32.6 Å². The molecule has 1 aliphatic carbocycles. The minimum Gasteiger partial charge on any atom is -0.481 e. The molecular formula is C25H25N5O5. The number of nitrogens with one attached hydrogen (secondary N) is 2. The van der Waals surface area contributed by atoms with Gasteiger partial charge in [0.1, 0.15) is 6.61 Å². The SMILES string of the molecule is CC1CCN(C(=O)c2nc(NC(=O)OCC3c4ccccc4-c4ccccc43)n[nH]2)CC1C(=O)O. The number of H-pyrrole nitrogens is 1. The maximum absolute atomic E-state index is 12.8. The number of hydrogen-bond donors (Lipinski definition) is 3. The van der Waals surface area contributed by atoms with Crippen molar-refractivity contribution in [3.63, 3.8) is 0 Å². The van der Waals surface area contributed by atoms with E-state index in [1.807, 2.05) is 43.3 Å². The number of aliphatic carboxylic acids is 1. The molecular weight excluding hydrogens is 450 g/mol. The van der Waals surface area contributed by atoms with Crippen molar-refractivity contribution in [1.29, 1.82) is 0 Å². The number of aromatic amines is 1. The van der Waals surface area contributed by atoms with Gasteiger partial charge in [-0.05, 0) is 34.6 Å². The molecule has 1 fully saturated rings. The van der Waals surface area contributed by atoms with E-state index in [9.17, 15) is 19.5 Å². The highest BCUT2D eigenvalue weighted by molar-refractivity contribution is 5.92. The number of fused-ring (bicyclic) bond motifs is 3. The number of amides is 2. The quantitative estimate of drug-likeness (QED) is 0.514. The van der Waals surface area contributed by atoms with Gasteiger partial charge in [0.25, 0.3) is 11.9 Å². The van der Waals surface area contributed by atoms with Gasteiger partial charge < -0.3 is 14.7 Å². The molecule has 3 aromatic rings. The molecule has 3 N–H and O–H groups in total. The van der Waals surface area contributed by atoms with Gasteiger partial charge in [-0.1, -0.05) is 55.5 Å². The Kier molecular flexibility index (Phi) is 5.94. The monoisotopic (exact) mass is 475 g/mol. The van der Waals surface area contributed by atoms with Gasteiger partial charge in [0.05, 0.1) is 5.92 Å². The normalized spacial score (nSPS) is 19.1. The number of anilines is 1. The van der Waals surface area contributed by atoms with Crippen molar-refractivity contribution >= 4 is 23.9 Å². The maximum atomic E-state index is 12.8. The van der Waals surface area contributed by atoms with Crippen molar-refractivity contribution in [2.75, 3.05) is 25.0 Å². The second-order valence-corrected chi connectivity index (χ2v) is 8.92. The zero-order chi connectivity index (χ0) is 24.5. The average molecular weight is 476 g/mol. The first-order chi connectivity index (χ1) is 16.9. The number of carbonyl (C=O) groups excluding carboxylic acids is 2. The first-order valence-electron chi connectivity index (χ1n) is 11.5. The minimum absolute atomic E-state index is 0.0166. The molecule has 1 saturated heterocycles. The number of benzene rings is 2. The fourth-order valence-electron chi connectivity index (χ4n) is 4.86. The number of likely N-dealkylation sites (tertiary alicyclic amines) is 1. The van der Waals surface area contributed by atoms with Gasteiger partial charge in [0.2, 0.25) is 5.82 Å². The minimum atomic E-state index is -0.926. The molecule has 2 heterocycles. The molecule has 2 amide bonds. The Morgan fingerprint density at radius 2 is 1.77 bits per heavy atom. The maximum Gasteiger partial charge on any atom is 0.414 e. The van der Waals surface area contributed by atoms with Crippen LogP contribution in [0.5, 0.6) is 0 Å². The largest absolute Gasteiger partial charge is 0.481 e. The molecule has 0 saturated carbocycles. The number of carboxylic acid groups (broad SMARTS) is 1. The van der Waals surface area contributed by atoms with Gasteiger partial charge in [-0.25, -0.2) is 4.79 Å². The van der Waals surface area contributed by atoms with Crippen LogP contribution in [0.2, 0.25) is 0 Å². The molecule has 180 valence electrons. The summed E-state index contributed by atoms with van der Waals surface area (Å²) in [4.78, 5) is 42.1. The van der Waals surface area contributed by atoms with Crippen LogP contribution < -0.4 is 5.32 Å². The first kappa shape index (κ1) is 22.6. The topological polar surface area (TPSA) is 138 Å². The van der Waals surface area contributed by atoms with Crippen molar-refractivity contribution in [3.8, 4) is 11.1 Å². The Bertz CT molecular complexity index is 1240. The molecule has 2 aromatic carbocycles. The number of carbonyl (C=O) groups is 3. The van der Waals surface area contributed by atoms with E-state index >= 15 is 0 Å². The fourth-order valence-corrected chi connectivity index (χ4v) is 4.86. The highest BCUT2D eigenvalue weighted by Gasteiger charge is 2.35. The summed E-state index contributed by atoms with van der Waals surface area (Å²) < 4.78 is 5.48. The lowest BCUT2D eigenvalue weighted by Gasteiger charge is -2.34. The molecule has 10 heteroatoms. The van der Waals surface area contributed by atoms with Crippen LogP contribution in [0.15, 0.2) is 48.5 Å². The third-order valence-electron chi connectivity index (χ3n) is 6.81. The number of ether oxygens (including phenoxy) is 1. The second kappa shape index (κ2) is 9.21. The molecule has 0 radical (unpaired) electrons. The molecule has 10 nitrogen and oxygen atoms in total. The molecule has 2 unspecified atom stereocenters. The lowest BCUT2D eigenvalue weighted by Crippen LogP contribution is -2.46. The number of rotatable bonds is 5. The Balaban J connectivity index is 1.20. The Morgan fingerprint density at radius 3 is 2.43 bits per heavy atom. The van der Waals surface area contributed by atoms with Gasteiger partial charge in [0.15, 0.2) is 0 Å². The van der Waals surface area contributed by atoms with Crippen LogP contribution in [0.1, 0.15) is 41.0 Å². The Morgan fingerprint density at radius 1 is 1.11 bits per heavy atom. The summed E-state index contributed by atoms with van der Waals surface area (Å²) in [6.07, 6.45) is -0.149. The molecule has 1 aromatic heterocycles. The summed E-state index contributed by atoms with van der Waals surface area (Å²) >= 11 is 0. The zero-order valence-electron chi connectivity index (χ0n) is 19.1. The van der Waals surface area contributed by atoms with Crippen molar-refractivity contribution in [2.24, 2.45) is 11.8 Å². The molecule has 1 aliphatic heterocycles. The molecule has 5 rings (SSSR count).